The molecule has 0 amide bonds. The molecule has 0 bridgehead atoms. The van der Waals surface area contributed by atoms with Crippen LogP contribution in [0.15, 0.2) is 24.3 Å². The van der Waals surface area contributed by atoms with Crippen LogP contribution >= 0.6 is 0 Å². The first-order valence-corrected chi connectivity index (χ1v) is 4.67. The van der Waals surface area contributed by atoms with Crippen LogP contribution in [0.1, 0.15) is 11.7 Å². The van der Waals surface area contributed by atoms with Crippen molar-refractivity contribution in [1.82, 2.24) is 0 Å². The molecule has 1 N–H and O–H groups in total. The van der Waals surface area contributed by atoms with Crippen molar-refractivity contribution in [2.24, 2.45) is 0 Å². The first kappa shape index (κ1) is 15.7. The maximum Gasteiger partial charge on any atom is 0.434 e. The van der Waals surface area contributed by atoms with Crippen molar-refractivity contribution >= 4 is 0 Å². The lowest BCUT2D eigenvalue weighted by atomic mass is 9.91. The van der Waals surface area contributed by atoms with E-state index >= 15 is 0 Å². The Morgan fingerprint density at radius 3 is 1.63 bits per heavy atom. The Bertz CT molecular complexity index is 436. The lowest BCUT2D eigenvalue weighted by Crippen LogP contribution is -2.57. The van der Waals surface area contributed by atoms with Gasteiger partial charge in [0.05, 0.1) is 0 Å². The number of hydrogen-bond acceptors (Lipinski definition) is 1. The second-order valence-corrected chi connectivity index (χ2v) is 3.63. The fourth-order valence-corrected chi connectivity index (χ4v) is 1.38. The summed E-state index contributed by atoms with van der Waals surface area (Å²) in [5.41, 5.74) is -7.39. The molecule has 0 spiro atoms. The molecule has 1 nitrogen and oxygen atoms in total. The van der Waals surface area contributed by atoms with Gasteiger partial charge in [0.25, 0.3) is 0 Å². The van der Waals surface area contributed by atoms with Crippen LogP contribution in [0, 0.1) is 5.82 Å². The molecule has 1 aromatic carbocycles. The van der Waals surface area contributed by atoms with E-state index in [0.29, 0.717) is 12.1 Å². The van der Waals surface area contributed by atoms with Gasteiger partial charge in [-0.3, -0.25) is 0 Å². The van der Waals surface area contributed by atoms with Crippen LogP contribution in [0.25, 0.3) is 0 Å². The predicted molar refractivity (Wildman–Crippen MR) is 47.3 cm³/mol. The van der Waals surface area contributed by atoms with Crippen LogP contribution in [-0.4, -0.2) is 23.1 Å². The molecular formula is C10H6F8O. The summed E-state index contributed by atoms with van der Waals surface area (Å²) in [5, 5.41) is 9.04. The van der Waals surface area contributed by atoms with Crippen LogP contribution in [0.3, 0.4) is 0 Å². The highest BCUT2D eigenvalue weighted by atomic mass is 19.4. The van der Waals surface area contributed by atoms with E-state index in [1.165, 1.54) is 0 Å². The summed E-state index contributed by atoms with van der Waals surface area (Å²) in [6.45, 7) is 0. The summed E-state index contributed by atoms with van der Waals surface area (Å²) >= 11 is 0. The van der Waals surface area contributed by atoms with E-state index in [0.717, 1.165) is 12.1 Å². The Morgan fingerprint density at radius 1 is 0.842 bits per heavy atom. The Hall–Kier alpha value is -1.38. The molecule has 1 aromatic rings. The van der Waals surface area contributed by atoms with E-state index in [2.05, 4.69) is 0 Å². The summed E-state index contributed by atoms with van der Waals surface area (Å²) in [6.07, 6.45) is -16.7. The van der Waals surface area contributed by atoms with Gasteiger partial charge in [0.1, 0.15) is 11.9 Å². The van der Waals surface area contributed by atoms with Gasteiger partial charge in [-0.15, -0.1) is 0 Å². The van der Waals surface area contributed by atoms with Gasteiger partial charge in [0.2, 0.25) is 0 Å². The van der Waals surface area contributed by atoms with Gasteiger partial charge >= 0.3 is 18.0 Å². The smallest absolute Gasteiger partial charge is 0.384 e. The van der Waals surface area contributed by atoms with Crippen molar-refractivity contribution in [2.45, 2.75) is 24.1 Å². The minimum absolute atomic E-state index is 0.436. The lowest BCUT2D eigenvalue weighted by molar-refractivity contribution is -0.366. The highest BCUT2D eigenvalue weighted by Crippen LogP contribution is 2.53. The highest BCUT2D eigenvalue weighted by Gasteiger charge is 2.76. The number of hydrogen-bond donors (Lipinski definition) is 1. The zero-order valence-corrected chi connectivity index (χ0v) is 8.86. The minimum atomic E-state index is -6.45. The largest absolute Gasteiger partial charge is 0.434 e. The molecule has 1 unspecified atom stereocenters. The van der Waals surface area contributed by atoms with Crippen molar-refractivity contribution < 1.29 is 40.2 Å². The van der Waals surface area contributed by atoms with E-state index in [1.54, 1.807) is 0 Å². The molecule has 0 aliphatic rings. The van der Waals surface area contributed by atoms with E-state index < -0.39 is 35.5 Å². The van der Waals surface area contributed by atoms with Crippen LogP contribution in [0.4, 0.5) is 35.1 Å². The minimum Gasteiger partial charge on any atom is -0.384 e. The molecular weight excluding hydrogens is 288 g/mol. The number of benzene rings is 1. The molecule has 0 fully saturated rings. The second kappa shape index (κ2) is 4.62. The molecule has 1 atom stereocenters. The maximum atomic E-state index is 13.4. The SMILES string of the molecule is OC(c1ccccc1F)C(F)(C(F)(F)F)C(F)(F)F. The van der Waals surface area contributed by atoms with Crippen LogP contribution in [0.5, 0.6) is 0 Å². The zero-order valence-electron chi connectivity index (χ0n) is 8.86. The summed E-state index contributed by atoms with van der Waals surface area (Å²) < 4.78 is 100. The van der Waals surface area contributed by atoms with E-state index in [-0.39, 0.29) is 0 Å². The molecule has 0 aromatic heterocycles. The third-order valence-corrected chi connectivity index (χ3v) is 2.40. The van der Waals surface area contributed by atoms with Crippen molar-refractivity contribution in [3.05, 3.63) is 35.6 Å². The molecule has 9 heteroatoms. The first-order chi connectivity index (χ1) is 8.43. The monoisotopic (exact) mass is 294 g/mol. The Morgan fingerprint density at radius 2 is 1.26 bits per heavy atom. The maximum absolute atomic E-state index is 13.4. The van der Waals surface area contributed by atoms with Crippen molar-refractivity contribution in [3.63, 3.8) is 0 Å². The molecule has 0 saturated heterocycles. The number of alkyl halides is 7. The number of aliphatic hydroxyl groups is 1. The first-order valence-electron chi connectivity index (χ1n) is 4.67. The van der Waals surface area contributed by atoms with Gasteiger partial charge < -0.3 is 5.11 Å². The molecule has 0 saturated carbocycles. The van der Waals surface area contributed by atoms with E-state index in [1.807, 2.05) is 0 Å². The molecule has 0 heterocycles. The van der Waals surface area contributed by atoms with E-state index in [4.69, 9.17) is 5.11 Å². The summed E-state index contributed by atoms with van der Waals surface area (Å²) in [4.78, 5) is 0. The van der Waals surface area contributed by atoms with Crippen molar-refractivity contribution in [3.8, 4) is 0 Å². The third kappa shape index (κ3) is 2.51. The summed E-state index contributed by atoms with van der Waals surface area (Å²) in [6, 6.07) is 2.78. The second-order valence-electron chi connectivity index (χ2n) is 3.63. The Balaban J connectivity index is 3.41. The average Bonchev–Trinajstić information content (AvgIpc) is 2.24. The van der Waals surface area contributed by atoms with Gasteiger partial charge in [-0.05, 0) is 6.07 Å². The van der Waals surface area contributed by atoms with Crippen LogP contribution < -0.4 is 0 Å². The molecule has 0 aliphatic heterocycles. The van der Waals surface area contributed by atoms with Crippen molar-refractivity contribution in [1.29, 1.82) is 0 Å². The van der Waals surface area contributed by atoms with Crippen LogP contribution in [-0.2, 0) is 0 Å². The van der Waals surface area contributed by atoms with Gasteiger partial charge in [0, 0.05) is 5.56 Å². The van der Waals surface area contributed by atoms with Crippen LogP contribution in [0.2, 0.25) is 0 Å². The normalized spacial score (nSPS) is 15.4. The number of aliphatic hydroxyl groups excluding tert-OH is 1. The summed E-state index contributed by atoms with van der Waals surface area (Å²) in [7, 11) is 0. The Labute approximate surface area is 101 Å². The predicted octanol–water partition coefficient (Wildman–Crippen LogP) is 3.69. The molecule has 1 rings (SSSR count). The molecule has 0 aliphatic carbocycles. The van der Waals surface area contributed by atoms with Gasteiger partial charge in [0.15, 0.2) is 0 Å². The number of halogens is 8. The average molecular weight is 294 g/mol. The highest BCUT2D eigenvalue weighted by molar-refractivity contribution is 5.24. The lowest BCUT2D eigenvalue weighted by Gasteiger charge is -2.34. The molecule has 0 radical (unpaired) electrons. The fourth-order valence-electron chi connectivity index (χ4n) is 1.38. The topological polar surface area (TPSA) is 20.2 Å². The fraction of sp³-hybridized carbons (Fsp3) is 0.400. The van der Waals surface area contributed by atoms with Gasteiger partial charge in [-0.1, -0.05) is 18.2 Å². The molecule has 19 heavy (non-hydrogen) atoms. The quantitative estimate of drug-likeness (QED) is 0.825. The molecule has 108 valence electrons. The standard InChI is InChI=1S/C10H6F8O/c11-6-4-2-1-3-5(6)7(19)8(12,9(13,14)15)10(16,17)18/h1-4,7,19H. The summed E-state index contributed by atoms with van der Waals surface area (Å²) in [5.74, 6) is -1.58. The Kier molecular flexibility index (Phi) is 3.81. The zero-order chi connectivity index (χ0) is 15.1. The van der Waals surface area contributed by atoms with Crippen molar-refractivity contribution in [2.75, 3.05) is 0 Å². The van der Waals surface area contributed by atoms with E-state index in [9.17, 15) is 35.1 Å². The third-order valence-electron chi connectivity index (χ3n) is 2.40. The van der Waals surface area contributed by atoms with Gasteiger partial charge in [-0.2, -0.15) is 26.3 Å². The van der Waals surface area contributed by atoms with Gasteiger partial charge in [-0.25, -0.2) is 8.78 Å². The number of rotatable bonds is 2.